The lowest BCUT2D eigenvalue weighted by molar-refractivity contribution is 0.630. The van der Waals surface area contributed by atoms with E-state index < -0.39 is 0 Å². The Morgan fingerprint density at radius 2 is 1.72 bits per heavy atom. The molecule has 0 atom stereocenters. The van der Waals surface area contributed by atoms with Crippen molar-refractivity contribution in [1.82, 2.24) is 9.97 Å². The molecular formula is C14H16ClN3. The van der Waals surface area contributed by atoms with Gasteiger partial charge >= 0.3 is 0 Å². The first-order valence-corrected chi connectivity index (χ1v) is 6.20. The molecule has 1 N–H and O–H groups in total. The molecule has 0 amide bonds. The molecule has 1 heterocycles. The van der Waals surface area contributed by atoms with Crippen LogP contribution < -0.4 is 5.32 Å². The zero-order valence-electron chi connectivity index (χ0n) is 10.7. The van der Waals surface area contributed by atoms with Crippen molar-refractivity contribution in [2.45, 2.75) is 26.3 Å². The topological polar surface area (TPSA) is 37.8 Å². The van der Waals surface area contributed by atoms with Crippen molar-refractivity contribution < 1.29 is 0 Å². The van der Waals surface area contributed by atoms with Crippen LogP contribution in [0.3, 0.4) is 0 Å². The fraction of sp³-hybridized carbons (Fsp3) is 0.286. The van der Waals surface area contributed by atoms with Crippen LogP contribution in [-0.4, -0.2) is 15.5 Å². The van der Waals surface area contributed by atoms with Crippen LogP contribution in [0.5, 0.6) is 0 Å². The molecule has 0 unspecified atom stereocenters. The van der Waals surface area contributed by atoms with Gasteiger partial charge in [0.05, 0.1) is 5.69 Å². The molecule has 0 aliphatic carbocycles. The van der Waals surface area contributed by atoms with Crippen LogP contribution in [0.15, 0.2) is 36.4 Å². The number of hydrogen-bond donors (Lipinski definition) is 1. The Labute approximate surface area is 112 Å². The summed E-state index contributed by atoms with van der Waals surface area (Å²) >= 11 is 5.97. The second kappa shape index (κ2) is 4.94. The van der Waals surface area contributed by atoms with Crippen molar-refractivity contribution in [3.8, 4) is 11.3 Å². The molecular weight excluding hydrogens is 246 g/mol. The molecule has 0 bridgehead atoms. The van der Waals surface area contributed by atoms with Gasteiger partial charge in [-0.3, -0.25) is 0 Å². The maximum absolute atomic E-state index is 5.97. The van der Waals surface area contributed by atoms with E-state index in [0.29, 0.717) is 0 Å². The Balaban J connectivity index is 2.39. The summed E-state index contributed by atoms with van der Waals surface area (Å²) in [5, 5.41) is 3.55. The summed E-state index contributed by atoms with van der Waals surface area (Å²) < 4.78 is 0. The van der Waals surface area contributed by atoms with Gasteiger partial charge in [0.1, 0.15) is 5.82 Å². The molecule has 0 aliphatic rings. The van der Waals surface area contributed by atoms with Crippen molar-refractivity contribution in [1.29, 1.82) is 0 Å². The van der Waals surface area contributed by atoms with Crippen LogP contribution in [0.2, 0.25) is 5.28 Å². The van der Waals surface area contributed by atoms with Gasteiger partial charge in [0.25, 0.3) is 0 Å². The minimum absolute atomic E-state index is 0.0638. The minimum atomic E-state index is -0.0638. The smallest absolute Gasteiger partial charge is 0.224 e. The third-order valence-corrected chi connectivity index (χ3v) is 2.44. The number of aromatic nitrogens is 2. The Hall–Kier alpha value is -1.61. The first-order chi connectivity index (χ1) is 8.44. The van der Waals surface area contributed by atoms with Gasteiger partial charge in [0.15, 0.2) is 0 Å². The largest absolute Gasteiger partial charge is 0.365 e. The molecule has 4 heteroatoms. The van der Waals surface area contributed by atoms with Crippen molar-refractivity contribution in [2.75, 3.05) is 5.32 Å². The average molecular weight is 262 g/mol. The SMILES string of the molecule is CC(C)(C)Nc1cc(-c2ccccc2)nc(Cl)n1. The lowest BCUT2D eigenvalue weighted by atomic mass is 10.1. The molecule has 18 heavy (non-hydrogen) atoms. The van der Waals surface area contributed by atoms with E-state index >= 15 is 0 Å². The highest BCUT2D eigenvalue weighted by Gasteiger charge is 2.12. The van der Waals surface area contributed by atoms with Crippen LogP contribution in [0.25, 0.3) is 11.3 Å². The number of nitrogens with one attached hydrogen (secondary N) is 1. The van der Waals surface area contributed by atoms with Gasteiger partial charge in [-0.25, -0.2) is 9.97 Å². The van der Waals surface area contributed by atoms with E-state index in [1.54, 1.807) is 0 Å². The third-order valence-electron chi connectivity index (χ3n) is 2.27. The van der Waals surface area contributed by atoms with Gasteiger partial charge in [0.2, 0.25) is 5.28 Å². The molecule has 0 saturated heterocycles. The fourth-order valence-electron chi connectivity index (χ4n) is 1.62. The molecule has 2 aromatic rings. The van der Waals surface area contributed by atoms with Crippen molar-refractivity contribution in [3.63, 3.8) is 0 Å². The minimum Gasteiger partial charge on any atom is -0.365 e. The van der Waals surface area contributed by atoms with Gasteiger partial charge < -0.3 is 5.32 Å². The van der Waals surface area contributed by atoms with E-state index in [1.165, 1.54) is 0 Å². The summed E-state index contributed by atoms with van der Waals surface area (Å²) in [6.45, 7) is 6.22. The predicted octanol–water partition coefficient (Wildman–Crippen LogP) is 4.01. The molecule has 0 spiro atoms. The lowest BCUT2D eigenvalue weighted by Gasteiger charge is -2.21. The summed E-state index contributed by atoms with van der Waals surface area (Å²) in [4.78, 5) is 8.44. The summed E-state index contributed by atoms with van der Waals surface area (Å²) in [5.41, 5.74) is 1.78. The number of benzene rings is 1. The third kappa shape index (κ3) is 3.44. The van der Waals surface area contributed by atoms with Crippen LogP contribution in [0.4, 0.5) is 5.82 Å². The van der Waals surface area contributed by atoms with Gasteiger partial charge in [0, 0.05) is 17.2 Å². The molecule has 94 valence electrons. The normalized spacial score (nSPS) is 11.3. The number of nitrogens with zero attached hydrogens (tertiary/aromatic N) is 2. The monoisotopic (exact) mass is 261 g/mol. The number of halogens is 1. The summed E-state index contributed by atoms with van der Waals surface area (Å²) in [7, 11) is 0. The predicted molar refractivity (Wildman–Crippen MR) is 75.9 cm³/mol. The molecule has 0 radical (unpaired) electrons. The van der Waals surface area contributed by atoms with E-state index in [2.05, 4.69) is 36.1 Å². The molecule has 1 aromatic heterocycles. The van der Waals surface area contributed by atoms with Crippen molar-refractivity contribution >= 4 is 17.4 Å². The number of anilines is 1. The van der Waals surface area contributed by atoms with E-state index in [0.717, 1.165) is 17.1 Å². The standard InChI is InChI=1S/C14H16ClN3/c1-14(2,3)18-12-9-11(16-13(15)17-12)10-7-5-4-6-8-10/h4-9H,1-3H3,(H,16,17,18). The van der Waals surface area contributed by atoms with Crippen molar-refractivity contribution in [3.05, 3.63) is 41.7 Å². The van der Waals surface area contributed by atoms with Crippen LogP contribution >= 0.6 is 11.6 Å². The summed E-state index contributed by atoms with van der Waals surface area (Å²) in [5.74, 6) is 0.737. The molecule has 3 nitrogen and oxygen atoms in total. The Bertz CT molecular complexity index is 532. The molecule has 0 fully saturated rings. The van der Waals surface area contributed by atoms with Gasteiger partial charge in [-0.15, -0.1) is 0 Å². The zero-order chi connectivity index (χ0) is 13.2. The highest BCUT2D eigenvalue weighted by Crippen LogP contribution is 2.22. The fourth-order valence-corrected chi connectivity index (χ4v) is 1.80. The first kappa shape index (κ1) is 12.8. The Morgan fingerprint density at radius 1 is 1.06 bits per heavy atom. The van der Waals surface area contributed by atoms with Gasteiger partial charge in [-0.2, -0.15) is 0 Å². The average Bonchev–Trinajstić information content (AvgIpc) is 2.27. The van der Waals surface area contributed by atoms with E-state index in [9.17, 15) is 0 Å². The quantitative estimate of drug-likeness (QED) is 0.830. The van der Waals surface area contributed by atoms with Gasteiger partial charge in [-0.05, 0) is 32.4 Å². The molecule has 0 saturated carbocycles. The maximum atomic E-state index is 5.97. The second-order valence-electron chi connectivity index (χ2n) is 5.15. The molecule has 0 aliphatic heterocycles. The number of rotatable bonds is 2. The van der Waals surface area contributed by atoms with Crippen LogP contribution in [0, 0.1) is 0 Å². The highest BCUT2D eigenvalue weighted by atomic mass is 35.5. The van der Waals surface area contributed by atoms with Gasteiger partial charge in [-0.1, -0.05) is 30.3 Å². The van der Waals surface area contributed by atoms with Crippen LogP contribution in [-0.2, 0) is 0 Å². The Morgan fingerprint density at radius 3 is 2.33 bits per heavy atom. The second-order valence-corrected chi connectivity index (χ2v) is 5.49. The van der Waals surface area contributed by atoms with Crippen molar-refractivity contribution in [2.24, 2.45) is 0 Å². The Kier molecular flexibility index (Phi) is 3.53. The van der Waals surface area contributed by atoms with E-state index in [4.69, 9.17) is 11.6 Å². The molecule has 1 aromatic carbocycles. The molecule has 2 rings (SSSR count). The first-order valence-electron chi connectivity index (χ1n) is 5.82. The van der Waals surface area contributed by atoms with E-state index in [-0.39, 0.29) is 10.8 Å². The maximum Gasteiger partial charge on any atom is 0.224 e. The number of hydrogen-bond acceptors (Lipinski definition) is 3. The lowest BCUT2D eigenvalue weighted by Crippen LogP contribution is -2.26. The summed E-state index contributed by atoms with van der Waals surface area (Å²) in [6, 6.07) is 11.8. The summed E-state index contributed by atoms with van der Waals surface area (Å²) in [6.07, 6.45) is 0. The van der Waals surface area contributed by atoms with Crippen LogP contribution in [0.1, 0.15) is 20.8 Å². The highest BCUT2D eigenvalue weighted by molar-refractivity contribution is 6.28. The van der Waals surface area contributed by atoms with E-state index in [1.807, 2.05) is 36.4 Å². The zero-order valence-corrected chi connectivity index (χ0v) is 11.5.